The van der Waals surface area contributed by atoms with Crippen molar-refractivity contribution in [2.24, 2.45) is 0 Å². The molecule has 0 aliphatic carbocycles. The summed E-state index contributed by atoms with van der Waals surface area (Å²) < 4.78 is 6.14. The minimum atomic E-state index is -0.930. The minimum absolute atomic E-state index is 0.177. The number of benzene rings is 2. The first-order valence-corrected chi connectivity index (χ1v) is 13.5. The lowest BCUT2D eigenvalue weighted by molar-refractivity contribution is -0.137. The lowest BCUT2D eigenvalue weighted by Crippen LogP contribution is -2.27. The van der Waals surface area contributed by atoms with E-state index in [4.69, 9.17) is 14.9 Å². The van der Waals surface area contributed by atoms with Gasteiger partial charge in [-0.1, -0.05) is 75.8 Å². The zero-order valence-electron chi connectivity index (χ0n) is 21.8. The van der Waals surface area contributed by atoms with Crippen molar-refractivity contribution in [1.29, 1.82) is 0 Å². The van der Waals surface area contributed by atoms with E-state index in [1.54, 1.807) is 12.1 Å². The lowest BCUT2D eigenvalue weighted by Gasteiger charge is -2.23. The molecule has 0 radical (unpaired) electrons. The Morgan fingerprint density at radius 2 is 1.50 bits per heavy atom. The van der Waals surface area contributed by atoms with Crippen molar-refractivity contribution in [3.8, 4) is 5.75 Å². The maximum atomic E-state index is 11.1. The summed E-state index contributed by atoms with van der Waals surface area (Å²) in [7, 11) is 0. The second kappa shape index (κ2) is 17.6. The van der Waals surface area contributed by atoms with E-state index >= 15 is 0 Å². The summed E-state index contributed by atoms with van der Waals surface area (Å²) in [6.45, 7) is 5.26. The standard InChI is InChI=1S/C30H43NO5/c1-2-3-4-5-6-7-12-23-36-28-14-9-8-13-26(28)20-22-31(21-11-10-15-29(32)33)24-25-16-18-27(19-17-25)30(34)35/h8-9,13-14,16-19H,2-7,10-12,15,20-24H2,1H3,(H,32,33)(H,34,35). The van der Waals surface area contributed by atoms with Gasteiger partial charge < -0.3 is 14.9 Å². The monoisotopic (exact) mass is 497 g/mol. The van der Waals surface area contributed by atoms with Crippen molar-refractivity contribution in [2.75, 3.05) is 19.7 Å². The van der Waals surface area contributed by atoms with Gasteiger partial charge in [-0.25, -0.2) is 4.79 Å². The Balaban J connectivity index is 1.89. The molecule has 2 aromatic rings. The molecule has 0 atom stereocenters. The molecule has 0 aliphatic rings. The smallest absolute Gasteiger partial charge is 0.335 e. The molecule has 0 spiro atoms. The first kappa shape index (κ1) is 29.4. The van der Waals surface area contributed by atoms with E-state index in [2.05, 4.69) is 17.9 Å². The van der Waals surface area contributed by atoms with Crippen molar-refractivity contribution in [2.45, 2.75) is 84.1 Å². The van der Waals surface area contributed by atoms with E-state index in [1.165, 1.54) is 44.1 Å². The average molecular weight is 498 g/mol. The zero-order chi connectivity index (χ0) is 26.0. The zero-order valence-corrected chi connectivity index (χ0v) is 21.8. The summed E-state index contributed by atoms with van der Waals surface area (Å²) in [5, 5.41) is 18.1. The molecule has 0 bridgehead atoms. The van der Waals surface area contributed by atoms with Gasteiger partial charge in [0.15, 0.2) is 0 Å². The highest BCUT2D eigenvalue weighted by molar-refractivity contribution is 5.87. The Morgan fingerprint density at radius 1 is 0.806 bits per heavy atom. The fraction of sp³-hybridized carbons (Fsp3) is 0.533. The van der Waals surface area contributed by atoms with Crippen LogP contribution < -0.4 is 4.74 Å². The Bertz CT molecular complexity index is 896. The minimum Gasteiger partial charge on any atom is -0.493 e. The van der Waals surface area contributed by atoms with Crippen LogP contribution in [-0.4, -0.2) is 46.7 Å². The number of hydrogen-bond acceptors (Lipinski definition) is 4. The lowest BCUT2D eigenvalue weighted by atomic mass is 10.1. The molecule has 2 N–H and O–H groups in total. The van der Waals surface area contributed by atoms with Crippen LogP contribution in [-0.2, 0) is 17.8 Å². The van der Waals surface area contributed by atoms with Gasteiger partial charge in [0.2, 0.25) is 0 Å². The Labute approximate surface area is 216 Å². The number of carbonyl (C=O) groups is 2. The molecule has 6 heteroatoms. The summed E-state index contributed by atoms with van der Waals surface area (Å²) in [6, 6.07) is 15.2. The number of carboxylic acid groups (broad SMARTS) is 2. The summed E-state index contributed by atoms with van der Waals surface area (Å²) in [5.41, 5.74) is 2.50. The third-order valence-corrected chi connectivity index (χ3v) is 6.40. The second-order valence-corrected chi connectivity index (χ2v) is 9.46. The summed E-state index contributed by atoms with van der Waals surface area (Å²) in [4.78, 5) is 24.3. The quantitative estimate of drug-likeness (QED) is 0.195. The van der Waals surface area contributed by atoms with Gasteiger partial charge >= 0.3 is 11.9 Å². The molecule has 2 aromatic carbocycles. The third-order valence-electron chi connectivity index (χ3n) is 6.40. The van der Waals surface area contributed by atoms with E-state index in [-0.39, 0.29) is 12.0 Å². The summed E-state index contributed by atoms with van der Waals surface area (Å²) >= 11 is 0. The molecule has 0 amide bonds. The number of unbranched alkanes of at least 4 members (excludes halogenated alkanes) is 7. The van der Waals surface area contributed by atoms with Gasteiger partial charge in [-0.2, -0.15) is 0 Å². The predicted molar refractivity (Wildman–Crippen MR) is 144 cm³/mol. The van der Waals surface area contributed by atoms with Crippen LogP contribution >= 0.6 is 0 Å². The fourth-order valence-corrected chi connectivity index (χ4v) is 4.26. The van der Waals surface area contributed by atoms with Crippen LogP contribution in [0.1, 0.15) is 92.6 Å². The van der Waals surface area contributed by atoms with Gasteiger partial charge in [0.25, 0.3) is 0 Å². The molecule has 0 fully saturated rings. The first-order chi connectivity index (χ1) is 17.5. The molecule has 36 heavy (non-hydrogen) atoms. The molecule has 0 saturated carbocycles. The number of aromatic carboxylic acids is 1. The van der Waals surface area contributed by atoms with E-state index < -0.39 is 11.9 Å². The van der Waals surface area contributed by atoms with Crippen LogP contribution in [0.2, 0.25) is 0 Å². The Morgan fingerprint density at radius 3 is 2.19 bits per heavy atom. The second-order valence-electron chi connectivity index (χ2n) is 9.46. The fourth-order valence-electron chi connectivity index (χ4n) is 4.26. The highest BCUT2D eigenvalue weighted by atomic mass is 16.5. The Hall–Kier alpha value is -2.86. The maximum absolute atomic E-state index is 11.1. The van der Waals surface area contributed by atoms with Gasteiger partial charge in [0, 0.05) is 19.5 Å². The van der Waals surface area contributed by atoms with Crippen LogP contribution in [0.4, 0.5) is 0 Å². The number of ether oxygens (including phenoxy) is 1. The highest BCUT2D eigenvalue weighted by Gasteiger charge is 2.11. The topological polar surface area (TPSA) is 87.1 Å². The van der Waals surface area contributed by atoms with E-state index in [0.29, 0.717) is 13.0 Å². The SMILES string of the molecule is CCCCCCCCCOc1ccccc1CCN(CCCCC(=O)O)Cc1ccc(C(=O)O)cc1. The van der Waals surface area contributed by atoms with Crippen LogP contribution in [0.15, 0.2) is 48.5 Å². The van der Waals surface area contributed by atoms with E-state index in [9.17, 15) is 9.59 Å². The van der Waals surface area contributed by atoms with Crippen LogP contribution in [0, 0.1) is 0 Å². The highest BCUT2D eigenvalue weighted by Crippen LogP contribution is 2.20. The molecule has 0 unspecified atom stereocenters. The van der Waals surface area contributed by atoms with Gasteiger partial charge in [0.05, 0.1) is 12.2 Å². The number of aliphatic carboxylic acids is 1. The van der Waals surface area contributed by atoms with Crippen LogP contribution in [0.3, 0.4) is 0 Å². The van der Waals surface area contributed by atoms with Crippen molar-refractivity contribution in [3.63, 3.8) is 0 Å². The number of hydrogen-bond donors (Lipinski definition) is 2. The van der Waals surface area contributed by atoms with Gasteiger partial charge in [-0.05, 0) is 61.6 Å². The van der Waals surface area contributed by atoms with Crippen LogP contribution in [0.5, 0.6) is 5.75 Å². The van der Waals surface area contributed by atoms with Crippen molar-refractivity contribution in [1.82, 2.24) is 4.90 Å². The van der Waals surface area contributed by atoms with Gasteiger partial charge in [0.1, 0.15) is 5.75 Å². The van der Waals surface area contributed by atoms with E-state index in [0.717, 1.165) is 50.3 Å². The van der Waals surface area contributed by atoms with Gasteiger partial charge in [-0.3, -0.25) is 9.69 Å². The molecular weight excluding hydrogens is 454 g/mol. The van der Waals surface area contributed by atoms with Crippen molar-refractivity contribution >= 4 is 11.9 Å². The molecule has 6 nitrogen and oxygen atoms in total. The normalized spacial score (nSPS) is 11.1. The third kappa shape index (κ3) is 12.2. The molecule has 0 saturated heterocycles. The molecular formula is C30H43NO5. The maximum Gasteiger partial charge on any atom is 0.335 e. The summed E-state index contributed by atoms with van der Waals surface area (Å²) in [6.07, 6.45) is 11.2. The molecule has 2 rings (SSSR count). The average Bonchev–Trinajstić information content (AvgIpc) is 2.87. The molecule has 198 valence electrons. The number of carboxylic acids is 2. The van der Waals surface area contributed by atoms with Crippen molar-refractivity contribution in [3.05, 3.63) is 65.2 Å². The molecule has 0 aliphatic heterocycles. The summed E-state index contributed by atoms with van der Waals surface area (Å²) in [5.74, 6) is -0.752. The van der Waals surface area contributed by atoms with Crippen molar-refractivity contribution < 1.29 is 24.5 Å². The number of nitrogens with zero attached hydrogens (tertiary/aromatic N) is 1. The first-order valence-electron chi connectivity index (χ1n) is 13.5. The molecule has 0 aromatic heterocycles. The largest absolute Gasteiger partial charge is 0.493 e. The van der Waals surface area contributed by atoms with Gasteiger partial charge in [-0.15, -0.1) is 0 Å². The van der Waals surface area contributed by atoms with Crippen LogP contribution in [0.25, 0.3) is 0 Å². The number of para-hydroxylation sites is 1. The molecule has 0 heterocycles. The Kier molecular flexibility index (Phi) is 14.3. The predicted octanol–water partition coefficient (Wildman–Crippen LogP) is 6.81. The van der Waals surface area contributed by atoms with E-state index in [1.807, 2.05) is 30.3 Å². The number of rotatable bonds is 20.